The Balaban J connectivity index is 0. The summed E-state index contributed by atoms with van der Waals surface area (Å²) in [7, 11) is 0. The van der Waals surface area contributed by atoms with Gasteiger partial charge in [-0.15, -0.1) is 0 Å². The van der Waals surface area contributed by atoms with Gasteiger partial charge in [-0.05, 0) is 79.1 Å². The van der Waals surface area contributed by atoms with Crippen molar-refractivity contribution in [1.82, 2.24) is 10.6 Å². The van der Waals surface area contributed by atoms with Crippen LogP contribution in [0.3, 0.4) is 0 Å². The summed E-state index contributed by atoms with van der Waals surface area (Å²) in [5.74, 6) is -2.36. The lowest BCUT2D eigenvalue weighted by atomic mass is 9.87. The SMILES string of the molecule is C=C(C)C(=O)OCC(COC(=O)NCC)(COC(=O)C(=C)C)COC(=O)C(=C)C.C=C(C)C(=O)OCC(COC(=O)NCC1CC2CCCC1C2)(COC(=O)C(=C)C)COC(=O)C(=C)C.[HH].[HH]. The second kappa shape index (κ2) is 27.9. The maximum atomic E-state index is 12.6. The second-order valence-electron chi connectivity index (χ2n) is 17.0. The van der Waals surface area contributed by atoms with Crippen LogP contribution in [0.1, 0.15) is 83.4 Å². The van der Waals surface area contributed by atoms with Gasteiger partial charge in [0, 0.05) is 49.4 Å². The van der Waals surface area contributed by atoms with Gasteiger partial charge in [-0.25, -0.2) is 38.4 Å². The molecule has 0 aliphatic heterocycles. The van der Waals surface area contributed by atoms with Crippen molar-refractivity contribution >= 4 is 48.0 Å². The number of ether oxygens (including phenoxy) is 8. The van der Waals surface area contributed by atoms with E-state index in [0.717, 1.165) is 12.3 Å². The number of esters is 6. The van der Waals surface area contributed by atoms with Gasteiger partial charge in [-0.2, -0.15) is 0 Å². The first-order valence-electron chi connectivity index (χ1n) is 21.1. The van der Waals surface area contributed by atoms with Crippen LogP contribution in [0.5, 0.6) is 0 Å². The Kier molecular flexibility index (Phi) is 24.4. The van der Waals surface area contributed by atoms with Crippen LogP contribution in [0.4, 0.5) is 9.59 Å². The van der Waals surface area contributed by atoms with E-state index in [4.69, 9.17) is 37.9 Å². The second-order valence-corrected chi connectivity index (χ2v) is 17.0. The average Bonchev–Trinajstić information content (AvgIpc) is 3.54. The molecule has 2 fully saturated rings. The summed E-state index contributed by atoms with van der Waals surface area (Å²) in [4.78, 5) is 96.0. The van der Waals surface area contributed by atoms with Gasteiger partial charge in [0.25, 0.3) is 0 Å². The molecule has 3 unspecified atom stereocenters. The zero-order chi connectivity index (χ0) is 49.5. The largest absolute Gasteiger partial charge is 0.461 e. The summed E-state index contributed by atoms with van der Waals surface area (Å²) in [5, 5.41) is 5.27. The van der Waals surface area contributed by atoms with Crippen molar-refractivity contribution in [2.24, 2.45) is 28.6 Å². The van der Waals surface area contributed by atoms with Crippen molar-refractivity contribution in [2.75, 3.05) is 65.9 Å². The Morgan fingerprint density at radius 3 is 1.03 bits per heavy atom. The van der Waals surface area contributed by atoms with Gasteiger partial charge in [0.15, 0.2) is 0 Å². The quantitative estimate of drug-likeness (QED) is 0.0569. The molecule has 0 spiro atoms. The van der Waals surface area contributed by atoms with Crippen LogP contribution < -0.4 is 10.6 Å². The van der Waals surface area contributed by atoms with E-state index >= 15 is 0 Å². The maximum Gasteiger partial charge on any atom is 0.407 e. The summed E-state index contributed by atoms with van der Waals surface area (Å²) in [6.45, 7) is 29.6. The van der Waals surface area contributed by atoms with Crippen LogP contribution in [0.15, 0.2) is 72.9 Å². The van der Waals surface area contributed by atoms with Crippen LogP contribution in [0.25, 0.3) is 0 Å². The van der Waals surface area contributed by atoms with Crippen LogP contribution >= 0.6 is 0 Å². The van der Waals surface area contributed by atoms with Crippen molar-refractivity contribution < 1.29 is 79.1 Å². The normalized spacial score (nSPS) is 16.0. The fraction of sp³-hybridized carbons (Fsp3) is 0.574. The van der Waals surface area contributed by atoms with Crippen LogP contribution in [-0.2, 0) is 66.7 Å². The van der Waals surface area contributed by atoms with Gasteiger partial charge >= 0.3 is 48.0 Å². The molecule has 0 saturated heterocycles. The minimum Gasteiger partial charge on any atom is -0.461 e. The number of hydrogen-bond acceptors (Lipinski definition) is 16. The van der Waals surface area contributed by atoms with Crippen molar-refractivity contribution in [3.8, 4) is 0 Å². The summed E-state index contributed by atoms with van der Waals surface area (Å²) in [6.07, 6.45) is 4.64. The first-order valence-corrected chi connectivity index (χ1v) is 21.1. The van der Waals surface area contributed by atoms with Crippen molar-refractivity contribution in [3.63, 3.8) is 0 Å². The van der Waals surface area contributed by atoms with E-state index in [0.29, 0.717) is 24.9 Å². The topological polar surface area (TPSA) is 234 Å². The molecule has 2 N–H and O–H groups in total. The predicted octanol–water partition coefficient (Wildman–Crippen LogP) is 6.45. The highest BCUT2D eigenvalue weighted by atomic mass is 16.6. The fourth-order valence-corrected chi connectivity index (χ4v) is 6.29. The molecule has 2 rings (SSSR count). The highest BCUT2D eigenvalue weighted by Crippen LogP contribution is 2.45. The Labute approximate surface area is 385 Å². The summed E-state index contributed by atoms with van der Waals surface area (Å²) >= 11 is 0. The summed E-state index contributed by atoms with van der Waals surface area (Å²) in [6, 6.07) is 0. The average molecular weight is 921 g/mol. The molecule has 2 amide bonds. The van der Waals surface area contributed by atoms with Crippen LogP contribution in [0.2, 0.25) is 0 Å². The van der Waals surface area contributed by atoms with E-state index in [-0.39, 0.29) is 89.1 Å². The zero-order valence-electron chi connectivity index (χ0n) is 39.1. The Morgan fingerprint density at radius 1 is 0.462 bits per heavy atom. The first kappa shape index (κ1) is 56.8. The molecule has 0 heterocycles. The third-order valence-corrected chi connectivity index (χ3v) is 10.1. The van der Waals surface area contributed by atoms with E-state index in [1.807, 2.05) is 0 Å². The molecule has 18 heteroatoms. The van der Waals surface area contributed by atoms with Crippen LogP contribution in [-0.4, -0.2) is 114 Å². The number of nitrogens with one attached hydrogen (secondary N) is 2. The minimum absolute atomic E-state index is 0. The van der Waals surface area contributed by atoms with E-state index in [9.17, 15) is 38.4 Å². The molecule has 2 bridgehead atoms. The van der Waals surface area contributed by atoms with Gasteiger partial charge in [0.1, 0.15) is 63.7 Å². The molecule has 0 aromatic heterocycles. The highest BCUT2D eigenvalue weighted by Gasteiger charge is 2.40. The Hall–Kier alpha value is -6.20. The molecular formula is C47H72N2O16. The predicted molar refractivity (Wildman–Crippen MR) is 242 cm³/mol. The Bertz CT molecular complexity index is 1700. The molecular weight excluding hydrogens is 849 g/mol. The number of carbonyl (C=O) groups excluding carboxylic acids is 8. The zero-order valence-corrected chi connectivity index (χ0v) is 39.1. The van der Waals surface area contributed by atoms with E-state index in [2.05, 4.69) is 50.1 Å². The van der Waals surface area contributed by atoms with Gasteiger partial charge in [-0.3, -0.25) is 0 Å². The van der Waals surface area contributed by atoms with Crippen molar-refractivity contribution in [1.29, 1.82) is 0 Å². The highest BCUT2D eigenvalue weighted by molar-refractivity contribution is 5.89. The molecule has 2 aliphatic carbocycles. The molecule has 366 valence electrons. The lowest BCUT2D eigenvalue weighted by molar-refractivity contribution is -0.162. The fourth-order valence-electron chi connectivity index (χ4n) is 6.29. The van der Waals surface area contributed by atoms with E-state index in [1.165, 1.54) is 67.2 Å². The lowest BCUT2D eigenvalue weighted by Crippen LogP contribution is -2.45. The smallest absolute Gasteiger partial charge is 0.407 e. The number of amides is 2. The molecule has 0 radical (unpaired) electrons. The number of rotatable bonds is 25. The third kappa shape index (κ3) is 21.4. The van der Waals surface area contributed by atoms with E-state index in [1.54, 1.807) is 6.92 Å². The third-order valence-electron chi connectivity index (χ3n) is 10.1. The number of fused-ring (bicyclic) bond motifs is 2. The lowest BCUT2D eigenvalue weighted by Gasteiger charge is -2.31. The molecule has 18 nitrogen and oxygen atoms in total. The van der Waals surface area contributed by atoms with Gasteiger partial charge < -0.3 is 48.5 Å². The standard InChI is InChI=1S/C27H39NO8.C20H29NO8.2H2/c1-17(2)23(29)33-13-27(14-34-24(30)18(3)4,15-35-25(31)19(5)6)16-36-26(32)28-12-22-11-20-8-7-9-21(22)10-20;1-8-21-19(25)29-12-20(9-26-16(22)13(2)3,10-27-17(23)14(4)5)11-28-18(24)15(6)7;;/h20-22H,1,3,5,7-16H2,2,4,6H3,(H,28,32);2,4,6,8-12H2,1,3,5,7H3,(H,21,25);2*1H. The van der Waals surface area contributed by atoms with Gasteiger partial charge in [0.2, 0.25) is 0 Å². The first-order chi connectivity index (χ1) is 30.4. The van der Waals surface area contributed by atoms with Crippen LogP contribution in [0, 0.1) is 28.6 Å². The molecule has 65 heavy (non-hydrogen) atoms. The molecule has 2 saturated carbocycles. The number of alkyl carbamates (subject to hydrolysis) is 2. The number of hydrogen-bond donors (Lipinski definition) is 2. The summed E-state index contributed by atoms with van der Waals surface area (Å²) in [5.41, 5.74) is -1.83. The molecule has 0 aromatic rings. The van der Waals surface area contributed by atoms with Gasteiger partial charge in [-0.1, -0.05) is 58.7 Å². The monoisotopic (exact) mass is 920 g/mol. The van der Waals surface area contributed by atoms with Crippen molar-refractivity contribution in [3.05, 3.63) is 72.9 Å². The summed E-state index contributed by atoms with van der Waals surface area (Å²) < 4.78 is 42.0. The maximum absolute atomic E-state index is 12.6. The number of carbonyl (C=O) groups is 8. The molecule has 0 aromatic carbocycles. The van der Waals surface area contributed by atoms with Gasteiger partial charge in [0.05, 0.1) is 0 Å². The molecule has 2 aliphatic rings. The minimum atomic E-state index is -1.36. The van der Waals surface area contributed by atoms with E-state index < -0.39 is 58.8 Å². The molecule has 3 atom stereocenters. The van der Waals surface area contributed by atoms with Crippen molar-refractivity contribution in [2.45, 2.75) is 80.6 Å². The Morgan fingerprint density at radius 2 is 0.754 bits per heavy atom.